The van der Waals surface area contributed by atoms with Gasteiger partial charge in [-0.1, -0.05) is 47.5 Å². The zero-order chi connectivity index (χ0) is 19.2. The molecule has 0 aliphatic heterocycles. The smallest absolute Gasteiger partial charge is 0.252 e. The quantitative estimate of drug-likeness (QED) is 0.633. The van der Waals surface area contributed by atoms with Gasteiger partial charge in [0.2, 0.25) is 5.56 Å². The second-order valence-corrected chi connectivity index (χ2v) is 7.01. The van der Waals surface area contributed by atoms with Crippen molar-refractivity contribution in [2.24, 2.45) is 0 Å². The Kier molecular flexibility index (Phi) is 6.32. The summed E-state index contributed by atoms with van der Waals surface area (Å²) in [4.78, 5) is 25.8. The van der Waals surface area contributed by atoms with Gasteiger partial charge in [0.05, 0.1) is 5.56 Å². The van der Waals surface area contributed by atoms with Crippen LogP contribution in [0.25, 0.3) is 0 Å². The van der Waals surface area contributed by atoms with Crippen molar-refractivity contribution in [3.63, 3.8) is 0 Å². The van der Waals surface area contributed by atoms with Crippen LogP contribution >= 0.6 is 23.2 Å². The molecule has 138 valence electrons. The molecule has 0 spiro atoms. The summed E-state index contributed by atoms with van der Waals surface area (Å²) in [6, 6.07) is 18.2. The van der Waals surface area contributed by atoms with Crippen molar-refractivity contribution in [3.8, 4) is 0 Å². The Bertz CT molecular complexity index is 901. The standard InChI is InChI=1S/C21H18Cl2N2O2/c22-17-6-1-14(2-7-17)19(15-3-8-18(23)9-4-15)11-12-24-21(27)16-5-10-20(26)25-13-16/h1-10,13,19H,11-12H2,(H,24,27)(H,25,26). The predicted molar refractivity (Wildman–Crippen MR) is 109 cm³/mol. The zero-order valence-corrected chi connectivity index (χ0v) is 15.9. The van der Waals surface area contributed by atoms with Crippen molar-refractivity contribution in [2.45, 2.75) is 12.3 Å². The van der Waals surface area contributed by atoms with E-state index in [9.17, 15) is 9.59 Å². The van der Waals surface area contributed by atoms with E-state index in [1.807, 2.05) is 48.5 Å². The third-order valence-electron chi connectivity index (χ3n) is 4.31. The van der Waals surface area contributed by atoms with Crippen LogP contribution in [0.2, 0.25) is 10.0 Å². The summed E-state index contributed by atoms with van der Waals surface area (Å²) in [6.07, 6.45) is 2.12. The Hall–Kier alpha value is -2.56. The van der Waals surface area contributed by atoms with Gasteiger partial charge in [0.25, 0.3) is 5.91 Å². The summed E-state index contributed by atoms with van der Waals surface area (Å²) in [5.74, 6) is -0.132. The highest BCUT2D eigenvalue weighted by Crippen LogP contribution is 2.29. The van der Waals surface area contributed by atoms with Gasteiger partial charge in [-0.15, -0.1) is 0 Å². The maximum atomic E-state index is 12.2. The first-order valence-electron chi connectivity index (χ1n) is 8.51. The number of aromatic nitrogens is 1. The topological polar surface area (TPSA) is 62.0 Å². The summed E-state index contributed by atoms with van der Waals surface area (Å²) in [5.41, 5.74) is 2.40. The van der Waals surface area contributed by atoms with E-state index in [1.54, 1.807) is 0 Å². The van der Waals surface area contributed by atoms with E-state index >= 15 is 0 Å². The van der Waals surface area contributed by atoms with Crippen molar-refractivity contribution < 1.29 is 4.79 Å². The molecular weight excluding hydrogens is 383 g/mol. The number of nitrogens with one attached hydrogen (secondary N) is 2. The number of hydrogen-bond acceptors (Lipinski definition) is 2. The van der Waals surface area contributed by atoms with Gasteiger partial charge >= 0.3 is 0 Å². The highest BCUT2D eigenvalue weighted by molar-refractivity contribution is 6.30. The molecule has 6 heteroatoms. The first-order chi connectivity index (χ1) is 13.0. The molecule has 0 saturated carbocycles. The second kappa shape index (κ2) is 8.89. The lowest BCUT2D eigenvalue weighted by Gasteiger charge is -2.19. The van der Waals surface area contributed by atoms with Crippen molar-refractivity contribution in [3.05, 3.63) is 104 Å². The third kappa shape index (κ3) is 5.22. The summed E-state index contributed by atoms with van der Waals surface area (Å²) in [7, 11) is 0. The van der Waals surface area contributed by atoms with Crippen LogP contribution in [-0.4, -0.2) is 17.4 Å². The average molecular weight is 401 g/mol. The van der Waals surface area contributed by atoms with Crippen LogP contribution in [0, 0.1) is 0 Å². The summed E-state index contributed by atoms with van der Waals surface area (Å²) in [6.45, 7) is 0.480. The van der Waals surface area contributed by atoms with Crippen molar-refractivity contribution >= 4 is 29.1 Å². The van der Waals surface area contributed by atoms with Gasteiger partial charge in [0.1, 0.15) is 0 Å². The van der Waals surface area contributed by atoms with Crippen LogP contribution in [0.5, 0.6) is 0 Å². The normalized spacial score (nSPS) is 10.8. The van der Waals surface area contributed by atoms with Gasteiger partial charge in [-0.2, -0.15) is 0 Å². The van der Waals surface area contributed by atoms with Gasteiger partial charge in [0, 0.05) is 34.8 Å². The molecule has 3 rings (SSSR count). The summed E-state index contributed by atoms with van der Waals surface area (Å²) in [5, 5.41) is 4.26. The number of aromatic amines is 1. The molecule has 0 aliphatic rings. The Morgan fingerprint density at radius 2 is 1.44 bits per heavy atom. The number of halogens is 2. The molecule has 1 amide bonds. The van der Waals surface area contributed by atoms with Crippen LogP contribution in [0.4, 0.5) is 0 Å². The first-order valence-corrected chi connectivity index (χ1v) is 9.26. The van der Waals surface area contributed by atoms with Crippen LogP contribution in [-0.2, 0) is 0 Å². The Morgan fingerprint density at radius 1 is 0.889 bits per heavy atom. The molecule has 27 heavy (non-hydrogen) atoms. The van der Waals surface area contributed by atoms with Gasteiger partial charge in [-0.05, 0) is 47.9 Å². The molecule has 0 fully saturated rings. The fourth-order valence-electron chi connectivity index (χ4n) is 2.90. The number of hydrogen-bond donors (Lipinski definition) is 2. The van der Waals surface area contributed by atoms with E-state index in [0.717, 1.165) is 11.1 Å². The molecule has 2 aromatic carbocycles. The van der Waals surface area contributed by atoms with E-state index in [1.165, 1.54) is 18.3 Å². The molecule has 0 saturated heterocycles. The number of rotatable bonds is 6. The maximum Gasteiger partial charge on any atom is 0.252 e. The molecule has 0 bridgehead atoms. The monoisotopic (exact) mass is 400 g/mol. The van der Waals surface area contributed by atoms with Crippen LogP contribution < -0.4 is 10.9 Å². The number of carbonyl (C=O) groups is 1. The number of amides is 1. The molecule has 0 unspecified atom stereocenters. The number of carbonyl (C=O) groups excluding carboxylic acids is 1. The van der Waals surface area contributed by atoms with Gasteiger partial charge in [0.15, 0.2) is 0 Å². The molecule has 0 radical (unpaired) electrons. The summed E-state index contributed by atoms with van der Waals surface area (Å²) >= 11 is 12.0. The fraction of sp³-hybridized carbons (Fsp3) is 0.143. The van der Waals surface area contributed by atoms with E-state index in [4.69, 9.17) is 23.2 Å². The van der Waals surface area contributed by atoms with Crippen molar-refractivity contribution in [1.82, 2.24) is 10.3 Å². The van der Waals surface area contributed by atoms with Crippen molar-refractivity contribution in [2.75, 3.05) is 6.54 Å². The molecular formula is C21H18Cl2N2O2. The molecule has 1 heterocycles. The minimum Gasteiger partial charge on any atom is -0.352 e. The fourth-order valence-corrected chi connectivity index (χ4v) is 3.15. The first kappa shape index (κ1) is 19.2. The molecule has 1 aromatic heterocycles. The molecule has 2 N–H and O–H groups in total. The van der Waals surface area contributed by atoms with E-state index in [2.05, 4.69) is 10.3 Å². The number of H-pyrrole nitrogens is 1. The van der Waals surface area contributed by atoms with Gasteiger partial charge < -0.3 is 10.3 Å². The minimum absolute atomic E-state index is 0.0930. The Balaban J connectivity index is 1.72. The molecule has 4 nitrogen and oxygen atoms in total. The predicted octanol–water partition coefficient (Wildman–Crippen LogP) is 4.63. The van der Waals surface area contributed by atoms with Crippen LogP contribution in [0.1, 0.15) is 33.8 Å². The largest absolute Gasteiger partial charge is 0.352 e. The number of benzene rings is 2. The molecule has 0 aliphatic carbocycles. The highest BCUT2D eigenvalue weighted by atomic mass is 35.5. The summed E-state index contributed by atoms with van der Waals surface area (Å²) < 4.78 is 0. The van der Waals surface area contributed by atoms with E-state index < -0.39 is 0 Å². The second-order valence-electron chi connectivity index (χ2n) is 6.14. The lowest BCUT2D eigenvalue weighted by Crippen LogP contribution is -2.26. The van der Waals surface area contributed by atoms with Gasteiger partial charge in [-0.25, -0.2) is 0 Å². The molecule has 0 atom stereocenters. The van der Waals surface area contributed by atoms with Crippen LogP contribution in [0.15, 0.2) is 71.7 Å². The average Bonchev–Trinajstić information content (AvgIpc) is 2.67. The highest BCUT2D eigenvalue weighted by Gasteiger charge is 2.15. The third-order valence-corrected chi connectivity index (χ3v) is 4.81. The molecule has 3 aromatic rings. The number of pyridine rings is 1. The minimum atomic E-state index is -0.239. The SMILES string of the molecule is O=C(NCCC(c1ccc(Cl)cc1)c1ccc(Cl)cc1)c1ccc(=O)[nH]c1. The van der Waals surface area contributed by atoms with E-state index in [-0.39, 0.29) is 17.4 Å². The van der Waals surface area contributed by atoms with Crippen LogP contribution in [0.3, 0.4) is 0 Å². The van der Waals surface area contributed by atoms with E-state index in [0.29, 0.717) is 28.6 Å². The lowest BCUT2D eigenvalue weighted by atomic mass is 9.88. The Labute approximate surface area is 167 Å². The Morgan fingerprint density at radius 3 is 1.93 bits per heavy atom. The lowest BCUT2D eigenvalue weighted by molar-refractivity contribution is 0.0952. The van der Waals surface area contributed by atoms with Gasteiger partial charge in [-0.3, -0.25) is 9.59 Å². The zero-order valence-electron chi connectivity index (χ0n) is 14.4. The van der Waals surface area contributed by atoms with Crippen molar-refractivity contribution in [1.29, 1.82) is 0 Å². The maximum absolute atomic E-state index is 12.2.